The summed E-state index contributed by atoms with van der Waals surface area (Å²) >= 11 is 3.35. The second-order valence-electron chi connectivity index (χ2n) is 12.6. The Bertz CT molecular complexity index is 1940. The van der Waals surface area contributed by atoms with Crippen LogP contribution in [0.3, 0.4) is 0 Å². The molecule has 5 aromatic rings. The van der Waals surface area contributed by atoms with Crippen LogP contribution in [0.1, 0.15) is 42.2 Å². The Morgan fingerprint density at radius 1 is 0.500 bits per heavy atom. The molecule has 5 rings (SSSR count). The Labute approximate surface area is 314 Å². The van der Waals surface area contributed by atoms with Gasteiger partial charge in [-0.3, -0.25) is 14.4 Å². The smallest absolute Gasteiger partial charge is 0.257 e. The highest BCUT2D eigenvalue weighted by molar-refractivity contribution is 9.10. The van der Waals surface area contributed by atoms with Crippen molar-refractivity contribution in [1.82, 2.24) is 14.7 Å². The minimum Gasteiger partial charge on any atom is -0.505 e. The van der Waals surface area contributed by atoms with E-state index in [4.69, 9.17) is 17.2 Å². The van der Waals surface area contributed by atoms with E-state index in [0.29, 0.717) is 28.1 Å². The third-order valence-corrected chi connectivity index (χ3v) is 8.86. The van der Waals surface area contributed by atoms with Gasteiger partial charge in [0.05, 0.1) is 22.4 Å². The zero-order valence-corrected chi connectivity index (χ0v) is 32.4. The lowest BCUT2D eigenvalue weighted by atomic mass is 9.94. The van der Waals surface area contributed by atoms with Crippen molar-refractivity contribution in [3.63, 3.8) is 0 Å². The normalized spacial score (nSPS) is 10.2. The lowest BCUT2D eigenvalue weighted by molar-refractivity contribution is 0.0818. The minimum absolute atomic E-state index is 0.0244. The maximum atomic E-state index is 12.4. The first-order valence-corrected chi connectivity index (χ1v) is 17.1. The van der Waals surface area contributed by atoms with Crippen LogP contribution in [0.2, 0.25) is 0 Å². The summed E-state index contributed by atoms with van der Waals surface area (Å²) in [5, 5.41) is 10.1. The van der Waals surface area contributed by atoms with Crippen LogP contribution in [0.25, 0.3) is 22.3 Å². The van der Waals surface area contributed by atoms with Gasteiger partial charge in [0.1, 0.15) is 0 Å². The first kappa shape index (κ1) is 40.6. The van der Waals surface area contributed by atoms with E-state index in [2.05, 4.69) is 15.9 Å². The number of halogens is 1. The molecule has 0 aliphatic heterocycles. The van der Waals surface area contributed by atoms with E-state index < -0.39 is 0 Å². The van der Waals surface area contributed by atoms with Crippen LogP contribution < -0.4 is 17.2 Å². The molecule has 0 heterocycles. The number of benzene rings is 5. The molecule has 0 atom stereocenters. The molecular formula is C41H47BrN6O4. The van der Waals surface area contributed by atoms with Crippen LogP contribution in [0.15, 0.2) is 102 Å². The molecule has 0 aliphatic rings. The average molecular weight is 768 g/mol. The molecular weight excluding hydrogens is 720 g/mol. The van der Waals surface area contributed by atoms with Gasteiger partial charge in [0, 0.05) is 58.1 Å². The second-order valence-corrected chi connectivity index (χ2v) is 13.5. The summed E-state index contributed by atoms with van der Waals surface area (Å²) < 4.78 is 0.780. The summed E-state index contributed by atoms with van der Waals surface area (Å²) in [6.45, 7) is 3.73. The van der Waals surface area contributed by atoms with Gasteiger partial charge < -0.3 is 37.0 Å². The van der Waals surface area contributed by atoms with Gasteiger partial charge in [-0.2, -0.15) is 0 Å². The molecule has 10 nitrogen and oxygen atoms in total. The van der Waals surface area contributed by atoms with E-state index >= 15 is 0 Å². The first-order valence-electron chi connectivity index (χ1n) is 16.3. The van der Waals surface area contributed by atoms with Gasteiger partial charge in [0.25, 0.3) is 17.7 Å². The van der Waals surface area contributed by atoms with Gasteiger partial charge in [-0.25, -0.2) is 0 Å². The molecule has 0 saturated heterocycles. The number of anilines is 3. The van der Waals surface area contributed by atoms with Gasteiger partial charge in [0.2, 0.25) is 0 Å². The largest absolute Gasteiger partial charge is 0.505 e. The first-order chi connectivity index (χ1) is 24.5. The summed E-state index contributed by atoms with van der Waals surface area (Å²) in [6, 6.07) is 30.0. The Hall–Kier alpha value is -5.81. The van der Waals surface area contributed by atoms with E-state index in [1.54, 1.807) is 71.5 Å². The lowest BCUT2D eigenvalue weighted by Crippen LogP contribution is -2.23. The van der Waals surface area contributed by atoms with Gasteiger partial charge in [-0.15, -0.1) is 0 Å². The van der Waals surface area contributed by atoms with Crippen molar-refractivity contribution in [2.75, 3.05) is 59.5 Å². The molecule has 0 aliphatic carbocycles. The van der Waals surface area contributed by atoms with Crippen LogP contribution in [-0.4, -0.2) is 79.8 Å². The number of carbonyl (C=O) groups excluding carboxylic acids is 3. The molecule has 5 aromatic carbocycles. The number of nitrogen functional groups attached to an aromatic ring is 3. The summed E-state index contributed by atoms with van der Waals surface area (Å²) in [5.74, 6) is -0.506. The number of aromatic hydroxyl groups is 1. The zero-order valence-electron chi connectivity index (χ0n) is 30.9. The van der Waals surface area contributed by atoms with Gasteiger partial charge >= 0.3 is 0 Å². The molecule has 0 saturated carbocycles. The Kier molecular flexibility index (Phi) is 14.0. The highest BCUT2D eigenvalue weighted by atomic mass is 79.9. The SMILES string of the molecule is CN(C)C(=O)c1c(-c2ccccc2)ccc(N)c1O.Cc1c(N)ccc(-c2ccccc2)c1C(=O)N(C)C.Cc1c(N)ccc(Br)c1C(=O)N(C)C. The summed E-state index contributed by atoms with van der Waals surface area (Å²) in [6.07, 6.45) is 0. The predicted octanol–water partition coefficient (Wildman–Crippen LogP) is 7.33. The van der Waals surface area contributed by atoms with E-state index in [0.717, 1.165) is 32.3 Å². The maximum Gasteiger partial charge on any atom is 0.257 e. The molecule has 52 heavy (non-hydrogen) atoms. The number of phenols is 1. The maximum absolute atomic E-state index is 12.4. The third kappa shape index (κ3) is 9.49. The molecule has 11 heteroatoms. The standard InChI is InChI=1S/C16H18N2O.C15H16N2O2.C10H13BrN2O/c1-11-14(17)10-9-13(12-7-5-4-6-8-12)15(11)16(19)18(2)3;1-17(2)15(19)13-11(8-9-12(16)14(13)18)10-6-4-3-5-7-10;1-6-8(12)5-4-7(11)9(6)10(14)13(2)3/h4-10H,17H2,1-3H3;3-9,18H,16H2,1-2H3;4-5H,12H2,1-3H3. The summed E-state index contributed by atoms with van der Waals surface area (Å²) in [7, 11) is 10.2. The molecule has 0 aromatic heterocycles. The molecule has 0 fully saturated rings. The van der Waals surface area contributed by atoms with Crippen LogP contribution in [0.5, 0.6) is 5.75 Å². The van der Waals surface area contributed by atoms with E-state index in [9.17, 15) is 19.5 Å². The average Bonchev–Trinajstić information content (AvgIpc) is 3.12. The number of carbonyl (C=O) groups is 3. The molecule has 272 valence electrons. The number of rotatable bonds is 5. The third-order valence-electron chi connectivity index (χ3n) is 8.20. The molecule has 0 unspecified atom stereocenters. The topological polar surface area (TPSA) is 159 Å². The van der Waals surface area contributed by atoms with Crippen LogP contribution in [0, 0.1) is 13.8 Å². The zero-order chi connectivity index (χ0) is 38.9. The predicted molar refractivity (Wildman–Crippen MR) is 216 cm³/mol. The molecule has 0 bridgehead atoms. The number of nitrogens with zero attached hydrogens (tertiary/aromatic N) is 3. The Morgan fingerprint density at radius 2 is 0.846 bits per heavy atom. The number of hydrogen-bond acceptors (Lipinski definition) is 7. The highest BCUT2D eigenvalue weighted by Crippen LogP contribution is 2.35. The monoisotopic (exact) mass is 766 g/mol. The summed E-state index contributed by atoms with van der Waals surface area (Å²) in [5.41, 5.74) is 25.5. The van der Waals surface area contributed by atoms with Gasteiger partial charge in [-0.05, 0) is 87.4 Å². The van der Waals surface area contributed by atoms with Crippen molar-refractivity contribution in [3.8, 4) is 28.0 Å². The van der Waals surface area contributed by atoms with Crippen molar-refractivity contribution in [2.45, 2.75) is 13.8 Å². The number of amides is 3. The molecule has 3 amide bonds. The number of hydrogen-bond donors (Lipinski definition) is 4. The van der Waals surface area contributed by atoms with Crippen LogP contribution >= 0.6 is 15.9 Å². The Balaban J connectivity index is 0.000000213. The van der Waals surface area contributed by atoms with Crippen molar-refractivity contribution in [2.24, 2.45) is 0 Å². The van der Waals surface area contributed by atoms with E-state index in [1.165, 1.54) is 9.80 Å². The van der Waals surface area contributed by atoms with Crippen molar-refractivity contribution in [1.29, 1.82) is 0 Å². The fraction of sp³-hybridized carbons (Fsp3) is 0.195. The van der Waals surface area contributed by atoms with E-state index in [-0.39, 0.29) is 34.7 Å². The van der Waals surface area contributed by atoms with Gasteiger partial charge in [-0.1, -0.05) is 72.8 Å². The van der Waals surface area contributed by atoms with E-state index in [1.807, 2.05) is 86.6 Å². The number of nitrogens with two attached hydrogens (primary N) is 3. The van der Waals surface area contributed by atoms with Crippen molar-refractivity contribution in [3.05, 3.63) is 129 Å². The lowest BCUT2D eigenvalue weighted by Gasteiger charge is -2.18. The minimum atomic E-state index is -0.274. The van der Waals surface area contributed by atoms with Crippen molar-refractivity contribution >= 4 is 50.7 Å². The fourth-order valence-corrected chi connectivity index (χ4v) is 5.77. The Morgan fingerprint density at radius 3 is 1.29 bits per heavy atom. The highest BCUT2D eigenvalue weighted by Gasteiger charge is 2.21. The molecule has 0 spiro atoms. The van der Waals surface area contributed by atoms with Crippen LogP contribution in [0.4, 0.5) is 17.1 Å². The summed E-state index contributed by atoms with van der Waals surface area (Å²) in [4.78, 5) is 40.9. The molecule has 7 N–H and O–H groups in total. The van der Waals surface area contributed by atoms with Crippen molar-refractivity contribution < 1.29 is 19.5 Å². The quantitative estimate of drug-likeness (QED) is 0.108. The second kappa shape index (κ2) is 17.9. The number of phenolic OH excluding ortho intramolecular Hbond substituents is 1. The van der Waals surface area contributed by atoms with Crippen LogP contribution in [-0.2, 0) is 0 Å². The molecule has 0 radical (unpaired) electrons. The van der Waals surface area contributed by atoms with Gasteiger partial charge in [0.15, 0.2) is 5.75 Å². The fourth-order valence-electron chi connectivity index (χ4n) is 5.17.